The maximum Gasteiger partial charge on any atom is 0.185 e. The molecule has 1 atom stereocenters. The van der Waals surface area contributed by atoms with Crippen LogP contribution in [0.1, 0.15) is 21.3 Å². The van der Waals surface area contributed by atoms with E-state index >= 15 is 0 Å². The van der Waals surface area contributed by atoms with Gasteiger partial charge in [0.05, 0.1) is 12.1 Å². The predicted octanol–water partition coefficient (Wildman–Crippen LogP) is 4.51. The summed E-state index contributed by atoms with van der Waals surface area (Å²) < 4.78 is 5.09. The molecule has 0 radical (unpaired) electrons. The van der Waals surface area contributed by atoms with E-state index in [-0.39, 0.29) is 5.78 Å². The normalized spacial score (nSPS) is 11.9. The average molecular weight is 295 g/mol. The largest absolute Gasteiger partial charge is 0.495 e. The Morgan fingerprint density at radius 2 is 1.84 bits per heavy atom. The Morgan fingerprint density at radius 1 is 1.16 bits per heavy atom. The molecule has 0 saturated carbocycles. The molecule has 0 aromatic heterocycles. The van der Waals surface area contributed by atoms with Crippen LogP contribution in [0.15, 0.2) is 48.5 Å². The molecule has 0 fully saturated rings. The van der Waals surface area contributed by atoms with Gasteiger partial charge in [-0.1, -0.05) is 41.9 Å². The van der Waals surface area contributed by atoms with E-state index in [1.54, 1.807) is 18.2 Å². The molecule has 0 heterocycles. The number of hydrogen-bond donors (Lipinski definition) is 0. The van der Waals surface area contributed by atoms with Crippen molar-refractivity contribution in [2.45, 2.75) is 5.38 Å². The first-order valence-electron chi connectivity index (χ1n) is 5.70. The molecule has 0 bridgehead atoms. The second-order valence-electron chi connectivity index (χ2n) is 3.99. The number of Topliss-reactive ketones (excluding diaryl/α,β-unsaturated/α-hetero) is 1. The first-order valence-corrected chi connectivity index (χ1v) is 6.51. The standard InChI is InChI=1S/C15H12Cl2O2/c1-19-13-9-11(7-8-12(13)16)15(18)14(17)10-5-3-2-4-6-10/h2-9,14H,1H3. The highest BCUT2D eigenvalue weighted by atomic mass is 35.5. The molecule has 0 aliphatic rings. The third-order valence-corrected chi connectivity index (χ3v) is 3.52. The Morgan fingerprint density at radius 3 is 2.47 bits per heavy atom. The summed E-state index contributed by atoms with van der Waals surface area (Å²) in [5.74, 6) is 0.285. The van der Waals surface area contributed by atoms with Crippen LogP contribution in [0, 0.1) is 0 Å². The minimum absolute atomic E-state index is 0.178. The SMILES string of the molecule is COc1cc(C(=O)C(Cl)c2ccccc2)ccc1Cl. The van der Waals surface area contributed by atoms with Crippen LogP contribution in [0.3, 0.4) is 0 Å². The maximum atomic E-state index is 12.3. The number of methoxy groups -OCH3 is 1. The summed E-state index contributed by atoms with van der Waals surface area (Å²) in [4.78, 5) is 12.3. The van der Waals surface area contributed by atoms with Crippen molar-refractivity contribution in [2.75, 3.05) is 7.11 Å². The van der Waals surface area contributed by atoms with Crippen molar-refractivity contribution in [3.63, 3.8) is 0 Å². The molecule has 2 aromatic rings. The lowest BCUT2D eigenvalue weighted by Gasteiger charge is -2.10. The summed E-state index contributed by atoms with van der Waals surface area (Å²) in [5.41, 5.74) is 1.24. The van der Waals surface area contributed by atoms with E-state index < -0.39 is 5.38 Å². The summed E-state index contributed by atoms with van der Waals surface area (Å²) in [6.07, 6.45) is 0. The van der Waals surface area contributed by atoms with Gasteiger partial charge in [-0.2, -0.15) is 0 Å². The molecule has 0 aliphatic heterocycles. The Hall–Kier alpha value is -1.51. The van der Waals surface area contributed by atoms with Gasteiger partial charge in [0.15, 0.2) is 5.78 Å². The minimum Gasteiger partial charge on any atom is -0.495 e. The zero-order chi connectivity index (χ0) is 13.8. The van der Waals surface area contributed by atoms with E-state index in [1.165, 1.54) is 7.11 Å². The molecule has 0 N–H and O–H groups in total. The van der Waals surface area contributed by atoms with E-state index in [2.05, 4.69) is 0 Å². The summed E-state index contributed by atoms with van der Waals surface area (Å²) in [7, 11) is 1.50. The zero-order valence-corrected chi connectivity index (χ0v) is 11.8. The van der Waals surface area contributed by atoms with Crippen LogP contribution in [0.4, 0.5) is 0 Å². The number of ketones is 1. The number of benzene rings is 2. The second kappa shape index (κ2) is 6.09. The molecule has 0 spiro atoms. The molecule has 0 aliphatic carbocycles. The van der Waals surface area contributed by atoms with Crippen molar-refractivity contribution in [3.05, 3.63) is 64.7 Å². The molecule has 1 unspecified atom stereocenters. The van der Waals surface area contributed by atoms with Gasteiger partial charge in [-0.3, -0.25) is 4.79 Å². The van der Waals surface area contributed by atoms with E-state index in [0.29, 0.717) is 16.3 Å². The van der Waals surface area contributed by atoms with E-state index in [1.807, 2.05) is 30.3 Å². The molecule has 2 rings (SSSR count). The van der Waals surface area contributed by atoms with Crippen molar-refractivity contribution in [3.8, 4) is 5.75 Å². The van der Waals surface area contributed by atoms with Crippen LogP contribution >= 0.6 is 23.2 Å². The first-order chi connectivity index (χ1) is 9.13. The predicted molar refractivity (Wildman–Crippen MR) is 77.4 cm³/mol. The maximum absolute atomic E-state index is 12.3. The Labute approximate surface area is 121 Å². The van der Waals surface area contributed by atoms with Crippen molar-refractivity contribution in [1.29, 1.82) is 0 Å². The van der Waals surface area contributed by atoms with Gasteiger partial charge >= 0.3 is 0 Å². The fourth-order valence-electron chi connectivity index (χ4n) is 1.73. The highest BCUT2D eigenvalue weighted by molar-refractivity contribution is 6.34. The van der Waals surface area contributed by atoms with E-state index in [9.17, 15) is 4.79 Å². The van der Waals surface area contributed by atoms with Gasteiger partial charge < -0.3 is 4.74 Å². The number of alkyl halides is 1. The summed E-state index contributed by atoms with van der Waals surface area (Å²) in [5, 5.41) is -0.253. The fourth-order valence-corrected chi connectivity index (χ4v) is 2.20. The molecular weight excluding hydrogens is 283 g/mol. The highest BCUT2D eigenvalue weighted by Crippen LogP contribution is 2.29. The van der Waals surface area contributed by atoms with Crippen LogP contribution in [-0.4, -0.2) is 12.9 Å². The lowest BCUT2D eigenvalue weighted by molar-refractivity contribution is 0.0987. The molecule has 98 valence electrons. The van der Waals surface area contributed by atoms with E-state index in [0.717, 1.165) is 5.56 Å². The number of rotatable bonds is 4. The molecule has 2 aromatic carbocycles. The fraction of sp³-hybridized carbons (Fsp3) is 0.133. The average Bonchev–Trinajstić information content (AvgIpc) is 2.47. The van der Waals surface area contributed by atoms with Gasteiger partial charge in [-0.05, 0) is 23.8 Å². The topological polar surface area (TPSA) is 26.3 Å². The zero-order valence-electron chi connectivity index (χ0n) is 10.3. The van der Waals surface area contributed by atoms with Crippen molar-refractivity contribution in [1.82, 2.24) is 0 Å². The van der Waals surface area contributed by atoms with Crippen LogP contribution in [0.5, 0.6) is 5.75 Å². The Balaban J connectivity index is 2.29. The van der Waals surface area contributed by atoms with Crippen LogP contribution < -0.4 is 4.74 Å². The number of carbonyl (C=O) groups is 1. The number of halogens is 2. The summed E-state index contributed by atoms with van der Waals surface area (Å²) in [6.45, 7) is 0. The second-order valence-corrected chi connectivity index (χ2v) is 4.83. The van der Waals surface area contributed by atoms with Crippen molar-refractivity contribution >= 4 is 29.0 Å². The summed E-state index contributed by atoms with van der Waals surface area (Å²) >= 11 is 12.1. The highest BCUT2D eigenvalue weighted by Gasteiger charge is 2.20. The third kappa shape index (κ3) is 3.09. The number of hydrogen-bond acceptors (Lipinski definition) is 2. The van der Waals surface area contributed by atoms with Gasteiger partial charge in [0.1, 0.15) is 11.1 Å². The van der Waals surface area contributed by atoms with Crippen molar-refractivity contribution in [2.24, 2.45) is 0 Å². The monoisotopic (exact) mass is 294 g/mol. The molecule has 19 heavy (non-hydrogen) atoms. The molecule has 0 amide bonds. The third-order valence-electron chi connectivity index (χ3n) is 2.76. The van der Waals surface area contributed by atoms with E-state index in [4.69, 9.17) is 27.9 Å². The molecule has 2 nitrogen and oxygen atoms in total. The van der Waals surface area contributed by atoms with Crippen LogP contribution in [-0.2, 0) is 0 Å². The Bertz CT molecular complexity index is 582. The molecule has 4 heteroatoms. The van der Waals surface area contributed by atoms with Crippen LogP contribution in [0.2, 0.25) is 5.02 Å². The van der Waals surface area contributed by atoms with Gasteiger partial charge in [-0.25, -0.2) is 0 Å². The summed E-state index contributed by atoms with van der Waals surface area (Å²) in [6, 6.07) is 14.1. The smallest absolute Gasteiger partial charge is 0.185 e. The number of ether oxygens (including phenoxy) is 1. The lowest BCUT2D eigenvalue weighted by atomic mass is 10.0. The van der Waals surface area contributed by atoms with Gasteiger partial charge in [0.2, 0.25) is 0 Å². The van der Waals surface area contributed by atoms with Gasteiger partial charge in [0.25, 0.3) is 0 Å². The van der Waals surface area contributed by atoms with Gasteiger partial charge in [0, 0.05) is 5.56 Å². The number of carbonyl (C=O) groups excluding carboxylic acids is 1. The molecular formula is C15H12Cl2O2. The van der Waals surface area contributed by atoms with Gasteiger partial charge in [-0.15, -0.1) is 11.6 Å². The van der Waals surface area contributed by atoms with Crippen LogP contribution in [0.25, 0.3) is 0 Å². The minimum atomic E-state index is -0.716. The molecule has 0 saturated heterocycles. The van der Waals surface area contributed by atoms with Crippen molar-refractivity contribution < 1.29 is 9.53 Å². The Kier molecular flexibility index (Phi) is 4.46. The quantitative estimate of drug-likeness (QED) is 0.612. The first kappa shape index (κ1) is 13.9. The lowest BCUT2D eigenvalue weighted by Crippen LogP contribution is -2.07.